The van der Waals surface area contributed by atoms with E-state index in [1.807, 2.05) is 30.3 Å². The lowest BCUT2D eigenvalue weighted by molar-refractivity contribution is 0.719. The molecule has 0 aliphatic carbocycles. The van der Waals surface area contributed by atoms with E-state index in [0.717, 1.165) is 18.5 Å². The molecule has 1 N–H and O–H groups in total. The average molecular weight is 200 g/mol. The van der Waals surface area contributed by atoms with Crippen LogP contribution in [0.2, 0.25) is 0 Å². The van der Waals surface area contributed by atoms with E-state index in [1.165, 1.54) is 0 Å². The Morgan fingerprint density at radius 1 is 1.53 bits per heavy atom. The molecule has 0 aliphatic heterocycles. The van der Waals surface area contributed by atoms with E-state index in [9.17, 15) is 0 Å². The highest BCUT2D eigenvalue weighted by Gasteiger charge is 2.04. The minimum atomic E-state index is 0.359. The number of nitrogens with zero attached hydrogens (tertiary/aromatic N) is 1. The number of hydrogen-bond donors (Lipinski definition) is 1. The summed E-state index contributed by atoms with van der Waals surface area (Å²) in [6.45, 7) is 5.80. The van der Waals surface area contributed by atoms with Crippen molar-refractivity contribution in [2.24, 2.45) is 0 Å². The zero-order valence-electron chi connectivity index (χ0n) is 9.03. The lowest BCUT2D eigenvalue weighted by atomic mass is 10.1. The summed E-state index contributed by atoms with van der Waals surface area (Å²) in [5.41, 5.74) is 1.61. The number of nitriles is 1. The Morgan fingerprint density at radius 2 is 2.27 bits per heavy atom. The number of anilines is 1. The van der Waals surface area contributed by atoms with Gasteiger partial charge in [0.15, 0.2) is 0 Å². The van der Waals surface area contributed by atoms with Crippen molar-refractivity contribution in [3.63, 3.8) is 0 Å². The third-order valence-corrected chi connectivity index (χ3v) is 2.25. The highest BCUT2D eigenvalue weighted by molar-refractivity contribution is 5.57. The van der Waals surface area contributed by atoms with Crippen molar-refractivity contribution in [1.82, 2.24) is 0 Å². The van der Waals surface area contributed by atoms with E-state index in [-0.39, 0.29) is 0 Å². The zero-order chi connectivity index (χ0) is 11.1. The quantitative estimate of drug-likeness (QED) is 0.740. The maximum atomic E-state index is 8.90. The molecule has 0 saturated heterocycles. The molecule has 1 unspecified atom stereocenters. The first-order valence-corrected chi connectivity index (χ1v) is 5.14. The molecule has 2 nitrogen and oxygen atoms in total. The van der Waals surface area contributed by atoms with Gasteiger partial charge in [-0.25, -0.2) is 0 Å². The summed E-state index contributed by atoms with van der Waals surface area (Å²) in [6, 6.07) is 10.1. The van der Waals surface area contributed by atoms with E-state index in [1.54, 1.807) is 0 Å². The Balaban J connectivity index is 2.64. The summed E-state index contributed by atoms with van der Waals surface area (Å²) in [4.78, 5) is 0. The van der Waals surface area contributed by atoms with E-state index in [2.05, 4.69) is 24.9 Å². The maximum Gasteiger partial charge on any atom is 0.101 e. The van der Waals surface area contributed by atoms with Crippen LogP contribution in [0.1, 0.15) is 25.3 Å². The van der Waals surface area contributed by atoms with Gasteiger partial charge in [-0.15, -0.1) is 6.58 Å². The number of para-hydroxylation sites is 1. The molecule has 0 bridgehead atoms. The molecule has 1 aromatic carbocycles. The van der Waals surface area contributed by atoms with Crippen LogP contribution in [0.15, 0.2) is 36.9 Å². The van der Waals surface area contributed by atoms with Crippen LogP contribution in [0, 0.1) is 11.3 Å². The molecule has 0 aliphatic rings. The molecule has 0 heterocycles. The Morgan fingerprint density at radius 3 is 2.93 bits per heavy atom. The van der Waals surface area contributed by atoms with Crippen LogP contribution >= 0.6 is 0 Å². The van der Waals surface area contributed by atoms with Crippen LogP contribution in [0.4, 0.5) is 5.69 Å². The molecule has 0 aromatic heterocycles. The van der Waals surface area contributed by atoms with Gasteiger partial charge in [-0.2, -0.15) is 5.26 Å². The van der Waals surface area contributed by atoms with Crippen LogP contribution < -0.4 is 5.32 Å². The second kappa shape index (κ2) is 5.87. The summed E-state index contributed by atoms with van der Waals surface area (Å²) in [5.74, 6) is 0. The molecule has 0 spiro atoms. The first kappa shape index (κ1) is 11.3. The summed E-state index contributed by atoms with van der Waals surface area (Å²) in [7, 11) is 0. The van der Waals surface area contributed by atoms with Gasteiger partial charge < -0.3 is 5.32 Å². The summed E-state index contributed by atoms with van der Waals surface area (Å²) in [5, 5.41) is 12.2. The number of rotatable bonds is 5. The SMILES string of the molecule is C=CCCC(C)Nc1ccccc1C#N. The largest absolute Gasteiger partial charge is 0.382 e. The number of allylic oxidation sites excluding steroid dienone is 1. The lowest BCUT2D eigenvalue weighted by Crippen LogP contribution is -2.15. The zero-order valence-corrected chi connectivity index (χ0v) is 9.03. The predicted molar refractivity (Wildman–Crippen MR) is 63.7 cm³/mol. The Hall–Kier alpha value is -1.75. The Bertz CT molecular complexity index is 363. The van der Waals surface area contributed by atoms with Crippen molar-refractivity contribution in [2.75, 3.05) is 5.32 Å². The lowest BCUT2D eigenvalue weighted by Gasteiger charge is -2.15. The fourth-order valence-electron chi connectivity index (χ4n) is 1.41. The second-order valence-electron chi connectivity index (χ2n) is 3.57. The Labute approximate surface area is 91.2 Å². The smallest absolute Gasteiger partial charge is 0.101 e. The van der Waals surface area contributed by atoms with Crippen molar-refractivity contribution in [2.45, 2.75) is 25.8 Å². The van der Waals surface area contributed by atoms with Crippen LogP contribution in [0.25, 0.3) is 0 Å². The average Bonchev–Trinajstić information content (AvgIpc) is 2.27. The van der Waals surface area contributed by atoms with Crippen LogP contribution in [0.3, 0.4) is 0 Å². The highest BCUT2D eigenvalue weighted by Crippen LogP contribution is 2.15. The van der Waals surface area contributed by atoms with Gasteiger partial charge in [-0.3, -0.25) is 0 Å². The molecule has 78 valence electrons. The minimum absolute atomic E-state index is 0.359. The van der Waals surface area contributed by atoms with Gasteiger partial charge in [-0.1, -0.05) is 18.2 Å². The molecule has 2 heteroatoms. The second-order valence-corrected chi connectivity index (χ2v) is 3.57. The van der Waals surface area contributed by atoms with E-state index in [0.29, 0.717) is 11.6 Å². The topological polar surface area (TPSA) is 35.8 Å². The minimum Gasteiger partial charge on any atom is -0.382 e. The first-order chi connectivity index (χ1) is 7.27. The standard InChI is InChI=1S/C13H16N2/c1-3-4-7-11(2)15-13-9-6-5-8-12(13)10-14/h3,5-6,8-9,11,15H,1,4,7H2,2H3. The molecule has 1 atom stereocenters. The monoisotopic (exact) mass is 200 g/mol. The Kier molecular flexibility index (Phi) is 4.43. The molecule has 0 amide bonds. The molecule has 1 aromatic rings. The van der Waals surface area contributed by atoms with Crippen molar-refractivity contribution in [3.8, 4) is 6.07 Å². The third kappa shape index (κ3) is 3.47. The molecular weight excluding hydrogens is 184 g/mol. The highest BCUT2D eigenvalue weighted by atomic mass is 14.9. The van der Waals surface area contributed by atoms with Gasteiger partial charge in [0, 0.05) is 6.04 Å². The predicted octanol–water partition coefficient (Wildman–Crippen LogP) is 3.32. The molecule has 0 radical (unpaired) electrons. The third-order valence-electron chi connectivity index (χ3n) is 2.25. The normalized spacial score (nSPS) is 11.5. The molecular formula is C13H16N2. The summed E-state index contributed by atoms with van der Waals surface area (Å²) in [6.07, 6.45) is 3.93. The van der Waals surface area contributed by atoms with E-state index < -0.39 is 0 Å². The first-order valence-electron chi connectivity index (χ1n) is 5.14. The van der Waals surface area contributed by atoms with Gasteiger partial charge >= 0.3 is 0 Å². The van der Waals surface area contributed by atoms with Gasteiger partial charge in [0.2, 0.25) is 0 Å². The van der Waals surface area contributed by atoms with Crippen LogP contribution in [-0.4, -0.2) is 6.04 Å². The fraction of sp³-hybridized carbons (Fsp3) is 0.308. The molecule has 15 heavy (non-hydrogen) atoms. The van der Waals surface area contributed by atoms with Crippen molar-refractivity contribution in [1.29, 1.82) is 5.26 Å². The van der Waals surface area contributed by atoms with Gasteiger partial charge in [0.25, 0.3) is 0 Å². The number of nitrogens with one attached hydrogen (secondary N) is 1. The van der Waals surface area contributed by atoms with Crippen LogP contribution in [-0.2, 0) is 0 Å². The fourth-order valence-corrected chi connectivity index (χ4v) is 1.41. The molecule has 0 fully saturated rings. The maximum absolute atomic E-state index is 8.90. The summed E-state index contributed by atoms with van der Waals surface area (Å²) >= 11 is 0. The summed E-state index contributed by atoms with van der Waals surface area (Å²) < 4.78 is 0. The van der Waals surface area contributed by atoms with E-state index in [4.69, 9.17) is 5.26 Å². The van der Waals surface area contributed by atoms with Gasteiger partial charge in [0.05, 0.1) is 11.3 Å². The van der Waals surface area contributed by atoms with E-state index >= 15 is 0 Å². The van der Waals surface area contributed by atoms with Gasteiger partial charge in [0.1, 0.15) is 6.07 Å². The van der Waals surface area contributed by atoms with Crippen molar-refractivity contribution in [3.05, 3.63) is 42.5 Å². The number of benzene rings is 1. The van der Waals surface area contributed by atoms with Crippen molar-refractivity contribution >= 4 is 5.69 Å². The van der Waals surface area contributed by atoms with Crippen molar-refractivity contribution < 1.29 is 0 Å². The van der Waals surface area contributed by atoms with Gasteiger partial charge in [-0.05, 0) is 31.9 Å². The number of hydrogen-bond acceptors (Lipinski definition) is 2. The molecule has 0 saturated carbocycles. The molecule has 1 rings (SSSR count). The van der Waals surface area contributed by atoms with Crippen LogP contribution in [0.5, 0.6) is 0 Å².